The topological polar surface area (TPSA) is 83.8 Å². The van der Waals surface area contributed by atoms with Crippen molar-refractivity contribution in [3.63, 3.8) is 0 Å². The van der Waals surface area contributed by atoms with Crippen LogP contribution in [0.1, 0.15) is 89.5 Å². The van der Waals surface area contributed by atoms with Gasteiger partial charge in [0.1, 0.15) is 17.2 Å². The second-order valence-electron chi connectivity index (χ2n) is 8.53. The predicted octanol–water partition coefficient (Wildman–Crippen LogP) is 7.67. The van der Waals surface area contributed by atoms with Crippen LogP contribution in [0.4, 0.5) is 0 Å². The molecule has 0 unspecified atom stereocenters. The van der Waals surface area contributed by atoms with Crippen LogP contribution in [0.3, 0.4) is 0 Å². The highest BCUT2D eigenvalue weighted by Gasteiger charge is 2.13. The van der Waals surface area contributed by atoms with Crippen LogP contribution in [0.15, 0.2) is 47.4 Å². The molecule has 0 heterocycles. The van der Waals surface area contributed by atoms with Gasteiger partial charge in [0.25, 0.3) is 10.1 Å². The fourth-order valence-corrected chi connectivity index (χ4v) is 4.40. The van der Waals surface area contributed by atoms with Gasteiger partial charge < -0.3 is 9.84 Å². The molecule has 0 saturated heterocycles. The molecule has 2 rings (SSSR count). The zero-order chi connectivity index (χ0) is 23.2. The maximum Gasteiger partial charge on any atom is 0.294 e. The Hall–Kier alpha value is -2.05. The Kier molecular flexibility index (Phi) is 11.6. The van der Waals surface area contributed by atoms with Gasteiger partial charge in [0.05, 0.1) is 4.90 Å². The van der Waals surface area contributed by atoms with Gasteiger partial charge in [0.2, 0.25) is 0 Å². The average molecular weight is 463 g/mol. The van der Waals surface area contributed by atoms with Crippen molar-refractivity contribution in [2.24, 2.45) is 0 Å². The first-order valence-electron chi connectivity index (χ1n) is 12.0. The number of ether oxygens (including phenoxy) is 1. The second-order valence-corrected chi connectivity index (χ2v) is 9.95. The molecule has 5 nitrogen and oxygen atoms in total. The molecular formula is C26H38O5S. The molecule has 0 bridgehead atoms. The molecule has 32 heavy (non-hydrogen) atoms. The molecule has 0 spiro atoms. The van der Waals surface area contributed by atoms with Crippen LogP contribution in [-0.2, 0) is 16.5 Å². The van der Waals surface area contributed by atoms with Gasteiger partial charge in [-0.05, 0) is 42.7 Å². The van der Waals surface area contributed by atoms with Crippen LogP contribution < -0.4 is 4.74 Å². The zero-order valence-corrected chi connectivity index (χ0v) is 20.1. The van der Waals surface area contributed by atoms with Crippen molar-refractivity contribution in [1.29, 1.82) is 0 Å². The minimum atomic E-state index is -4.33. The van der Waals surface area contributed by atoms with Crippen molar-refractivity contribution < 1.29 is 22.8 Å². The quantitative estimate of drug-likeness (QED) is 0.197. The lowest BCUT2D eigenvalue weighted by Gasteiger charge is -2.10. The number of phenolic OH excluding ortho intramolecular Hbond substituents is 1. The molecule has 0 radical (unpaired) electrons. The molecule has 0 fully saturated rings. The molecule has 178 valence electrons. The zero-order valence-electron chi connectivity index (χ0n) is 19.3. The Labute approximate surface area is 193 Å². The van der Waals surface area contributed by atoms with Crippen LogP contribution >= 0.6 is 0 Å². The van der Waals surface area contributed by atoms with E-state index in [1.165, 1.54) is 88.5 Å². The van der Waals surface area contributed by atoms with Crippen molar-refractivity contribution in [1.82, 2.24) is 0 Å². The van der Waals surface area contributed by atoms with Gasteiger partial charge in [0, 0.05) is 12.1 Å². The number of aromatic hydroxyl groups is 1. The summed E-state index contributed by atoms with van der Waals surface area (Å²) in [7, 11) is -4.33. The smallest absolute Gasteiger partial charge is 0.294 e. The SMILES string of the molecule is CCCCCCCCCCCCCCc1cc(Oc2cccc(O)c2)cc(S(=O)(=O)O)c1. The van der Waals surface area contributed by atoms with Crippen molar-refractivity contribution in [3.05, 3.63) is 48.0 Å². The molecule has 0 aromatic heterocycles. The third kappa shape index (κ3) is 10.5. The lowest BCUT2D eigenvalue weighted by atomic mass is 10.0. The van der Waals surface area contributed by atoms with E-state index in [-0.39, 0.29) is 10.6 Å². The summed E-state index contributed by atoms with van der Waals surface area (Å²) in [5, 5.41) is 9.59. The first-order chi connectivity index (χ1) is 15.4. The van der Waals surface area contributed by atoms with Crippen molar-refractivity contribution in [2.75, 3.05) is 0 Å². The predicted molar refractivity (Wildman–Crippen MR) is 129 cm³/mol. The summed E-state index contributed by atoms with van der Waals surface area (Å²) in [6, 6.07) is 10.9. The van der Waals surface area contributed by atoms with Crippen LogP contribution in [-0.4, -0.2) is 18.1 Å². The standard InChI is InChI=1S/C26H38O5S/c1-2-3-4-5-6-7-8-9-10-11-12-13-15-22-18-25(21-26(19-22)32(28,29)30)31-24-17-14-16-23(27)20-24/h14,16-21,27H,2-13,15H2,1H3,(H,28,29,30). The van der Waals surface area contributed by atoms with E-state index in [0.29, 0.717) is 11.5 Å². The van der Waals surface area contributed by atoms with Crippen LogP contribution in [0, 0.1) is 0 Å². The van der Waals surface area contributed by atoms with E-state index in [1.807, 2.05) is 0 Å². The maximum atomic E-state index is 11.7. The van der Waals surface area contributed by atoms with Gasteiger partial charge >= 0.3 is 0 Å². The van der Waals surface area contributed by atoms with E-state index < -0.39 is 10.1 Å². The van der Waals surface area contributed by atoms with E-state index in [0.717, 1.165) is 24.8 Å². The minimum Gasteiger partial charge on any atom is -0.508 e. The number of aryl methyl sites for hydroxylation is 1. The summed E-state index contributed by atoms with van der Waals surface area (Å²) in [5.74, 6) is 0.776. The molecule has 0 saturated carbocycles. The third-order valence-electron chi connectivity index (χ3n) is 5.61. The second kappa shape index (κ2) is 14.2. The molecule has 0 aliphatic heterocycles. The molecular weight excluding hydrogens is 424 g/mol. The molecule has 0 aliphatic rings. The molecule has 2 N–H and O–H groups in total. The maximum absolute atomic E-state index is 11.7. The summed E-state index contributed by atoms with van der Waals surface area (Å²) < 4.78 is 38.6. The number of unbranched alkanes of at least 4 members (excludes halogenated alkanes) is 11. The molecule has 2 aromatic carbocycles. The van der Waals surface area contributed by atoms with Crippen molar-refractivity contribution in [3.8, 4) is 17.2 Å². The van der Waals surface area contributed by atoms with Crippen LogP contribution in [0.25, 0.3) is 0 Å². The Balaban J connectivity index is 1.77. The fourth-order valence-electron chi connectivity index (χ4n) is 3.84. The molecule has 6 heteroatoms. The number of rotatable bonds is 16. The number of phenols is 1. The Morgan fingerprint density at radius 1 is 0.750 bits per heavy atom. The third-order valence-corrected chi connectivity index (χ3v) is 6.44. The van der Waals surface area contributed by atoms with Gasteiger partial charge in [-0.1, -0.05) is 83.6 Å². The van der Waals surface area contributed by atoms with Gasteiger partial charge in [-0.2, -0.15) is 8.42 Å². The summed E-state index contributed by atoms with van der Waals surface area (Å²) in [6.45, 7) is 2.25. The van der Waals surface area contributed by atoms with E-state index in [2.05, 4.69) is 6.92 Å². The fraction of sp³-hybridized carbons (Fsp3) is 0.538. The summed E-state index contributed by atoms with van der Waals surface area (Å²) >= 11 is 0. The van der Waals surface area contributed by atoms with Gasteiger partial charge in [-0.3, -0.25) is 4.55 Å². The largest absolute Gasteiger partial charge is 0.508 e. The van der Waals surface area contributed by atoms with Gasteiger partial charge in [0.15, 0.2) is 0 Å². The van der Waals surface area contributed by atoms with Crippen molar-refractivity contribution >= 4 is 10.1 Å². The highest BCUT2D eigenvalue weighted by Crippen LogP contribution is 2.28. The van der Waals surface area contributed by atoms with E-state index >= 15 is 0 Å². The average Bonchev–Trinajstić information content (AvgIpc) is 2.74. The first-order valence-corrected chi connectivity index (χ1v) is 13.4. The minimum absolute atomic E-state index is 0.0603. The normalized spacial score (nSPS) is 11.6. The molecule has 0 atom stereocenters. The van der Waals surface area contributed by atoms with Crippen LogP contribution in [0.2, 0.25) is 0 Å². The summed E-state index contributed by atoms with van der Waals surface area (Å²) in [4.78, 5) is -0.177. The van der Waals surface area contributed by atoms with Gasteiger partial charge in [-0.15, -0.1) is 0 Å². The number of hydrogen-bond donors (Lipinski definition) is 2. The monoisotopic (exact) mass is 462 g/mol. The lowest BCUT2D eigenvalue weighted by molar-refractivity contribution is 0.452. The number of hydrogen-bond acceptors (Lipinski definition) is 4. The number of benzene rings is 2. The lowest BCUT2D eigenvalue weighted by Crippen LogP contribution is -2.00. The van der Waals surface area contributed by atoms with Gasteiger partial charge in [-0.25, -0.2) is 0 Å². The molecule has 0 aliphatic carbocycles. The Morgan fingerprint density at radius 3 is 1.91 bits per heavy atom. The Morgan fingerprint density at radius 2 is 1.34 bits per heavy atom. The van der Waals surface area contributed by atoms with Crippen molar-refractivity contribution in [2.45, 2.75) is 95.3 Å². The van der Waals surface area contributed by atoms with E-state index in [9.17, 15) is 18.1 Å². The first kappa shape index (κ1) is 26.2. The Bertz CT molecular complexity index is 908. The summed E-state index contributed by atoms with van der Waals surface area (Å²) in [5.41, 5.74) is 0.808. The van der Waals surface area contributed by atoms with Crippen LogP contribution in [0.5, 0.6) is 17.2 Å². The highest BCUT2D eigenvalue weighted by atomic mass is 32.2. The summed E-state index contributed by atoms with van der Waals surface area (Å²) in [6.07, 6.45) is 15.9. The van der Waals surface area contributed by atoms with E-state index in [4.69, 9.17) is 4.74 Å². The molecule has 2 aromatic rings. The van der Waals surface area contributed by atoms with E-state index in [1.54, 1.807) is 18.2 Å². The highest BCUT2D eigenvalue weighted by molar-refractivity contribution is 7.85. The molecule has 0 amide bonds.